The first-order valence-corrected chi connectivity index (χ1v) is 6.20. The fraction of sp³-hybridized carbons (Fsp3) is 0.0833. The normalized spacial score (nSPS) is 9.95. The first-order valence-electron chi connectivity index (χ1n) is 5.38. The number of carbonyl (C=O) groups excluding carboxylic acids is 1. The van der Waals surface area contributed by atoms with Crippen LogP contribution in [0.5, 0.6) is 0 Å². The third kappa shape index (κ3) is 3.52. The molecule has 6 nitrogen and oxygen atoms in total. The van der Waals surface area contributed by atoms with Crippen LogP contribution in [-0.4, -0.2) is 22.1 Å². The summed E-state index contributed by atoms with van der Waals surface area (Å²) in [5, 5.41) is 14.4. The van der Waals surface area contributed by atoms with Crippen LogP contribution in [0.25, 0.3) is 0 Å². The number of amides is 2. The van der Waals surface area contributed by atoms with Gasteiger partial charge in [0.05, 0.1) is 5.56 Å². The van der Waals surface area contributed by atoms with Gasteiger partial charge in [-0.25, -0.2) is 14.6 Å². The number of aromatic carboxylic acids is 1. The Morgan fingerprint density at radius 3 is 2.42 bits per heavy atom. The van der Waals surface area contributed by atoms with E-state index in [-0.39, 0.29) is 5.56 Å². The van der Waals surface area contributed by atoms with E-state index in [1.54, 1.807) is 6.20 Å². The molecule has 0 radical (unpaired) electrons. The van der Waals surface area contributed by atoms with E-state index in [1.807, 2.05) is 6.92 Å². The second-order valence-electron chi connectivity index (χ2n) is 3.74. The van der Waals surface area contributed by atoms with Gasteiger partial charge in [0.25, 0.3) is 0 Å². The summed E-state index contributed by atoms with van der Waals surface area (Å²) in [5.41, 5.74) is 0.678. The predicted octanol–water partition coefficient (Wildman–Crippen LogP) is 2.79. The van der Waals surface area contributed by atoms with Crippen molar-refractivity contribution in [2.75, 3.05) is 10.6 Å². The number of hydrogen-bond donors (Lipinski definition) is 3. The Balaban J connectivity index is 1.97. The number of aryl methyl sites for hydroxylation is 1. The SMILES string of the molecule is Cc1cnc(NC(=O)Nc2ccc(C(=O)O)cc2)s1. The van der Waals surface area contributed by atoms with Crippen LogP contribution in [0.15, 0.2) is 30.5 Å². The minimum atomic E-state index is -1.01. The van der Waals surface area contributed by atoms with Crippen molar-refractivity contribution >= 4 is 34.2 Å². The highest BCUT2D eigenvalue weighted by molar-refractivity contribution is 7.15. The molecule has 0 aliphatic rings. The number of nitrogens with zero attached hydrogens (tertiary/aromatic N) is 1. The molecule has 19 heavy (non-hydrogen) atoms. The number of rotatable bonds is 3. The number of thiazole rings is 1. The molecule has 98 valence electrons. The van der Waals surface area contributed by atoms with Crippen LogP contribution in [0, 0.1) is 6.92 Å². The van der Waals surface area contributed by atoms with Gasteiger partial charge in [-0.15, -0.1) is 11.3 Å². The summed E-state index contributed by atoms with van der Waals surface area (Å²) in [5.74, 6) is -1.01. The van der Waals surface area contributed by atoms with Gasteiger partial charge in [0, 0.05) is 16.8 Å². The van der Waals surface area contributed by atoms with E-state index in [4.69, 9.17) is 5.11 Å². The van der Waals surface area contributed by atoms with E-state index in [2.05, 4.69) is 15.6 Å². The molecule has 1 aromatic heterocycles. The van der Waals surface area contributed by atoms with Gasteiger partial charge >= 0.3 is 12.0 Å². The van der Waals surface area contributed by atoms with E-state index in [1.165, 1.54) is 35.6 Å². The lowest BCUT2D eigenvalue weighted by molar-refractivity contribution is 0.0697. The molecular weight excluding hydrogens is 266 g/mol. The zero-order valence-electron chi connectivity index (χ0n) is 10.0. The summed E-state index contributed by atoms with van der Waals surface area (Å²) in [7, 11) is 0. The van der Waals surface area contributed by atoms with Crippen LogP contribution in [0.2, 0.25) is 0 Å². The molecule has 2 amide bonds. The smallest absolute Gasteiger partial charge is 0.335 e. The van der Waals surface area contributed by atoms with Crippen LogP contribution >= 0.6 is 11.3 Å². The van der Waals surface area contributed by atoms with E-state index in [9.17, 15) is 9.59 Å². The fourth-order valence-corrected chi connectivity index (χ4v) is 2.03. The topological polar surface area (TPSA) is 91.3 Å². The quantitative estimate of drug-likeness (QED) is 0.804. The average molecular weight is 277 g/mol. The van der Waals surface area contributed by atoms with Gasteiger partial charge in [0.1, 0.15) is 0 Å². The maximum absolute atomic E-state index is 11.6. The second-order valence-corrected chi connectivity index (χ2v) is 4.97. The van der Waals surface area contributed by atoms with Crippen molar-refractivity contribution in [1.29, 1.82) is 0 Å². The Morgan fingerprint density at radius 1 is 1.21 bits per heavy atom. The van der Waals surface area contributed by atoms with Gasteiger partial charge in [-0.2, -0.15) is 0 Å². The maximum atomic E-state index is 11.6. The zero-order chi connectivity index (χ0) is 13.8. The van der Waals surface area contributed by atoms with Crippen molar-refractivity contribution in [2.45, 2.75) is 6.92 Å². The third-order valence-electron chi connectivity index (χ3n) is 2.23. The lowest BCUT2D eigenvalue weighted by atomic mass is 10.2. The molecule has 0 saturated heterocycles. The molecule has 0 atom stereocenters. The van der Waals surface area contributed by atoms with Crippen LogP contribution in [0.4, 0.5) is 15.6 Å². The van der Waals surface area contributed by atoms with E-state index in [0.29, 0.717) is 10.8 Å². The van der Waals surface area contributed by atoms with Crippen molar-refractivity contribution in [2.24, 2.45) is 0 Å². The first kappa shape index (κ1) is 13.0. The van der Waals surface area contributed by atoms with Crippen molar-refractivity contribution in [3.63, 3.8) is 0 Å². The molecule has 0 unspecified atom stereocenters. The summed E-state index contributed by atoms with van der Waals surface area (Å²) in [6, 6.07) is 5.47. The highest BCUT2D eigenvalue weighted by Gasteiger charge is 2.06. The van der Waals surface area contributed by atoms with Gasteiger partial charge in [0.2, 0.25) is 0 Å². The Hall–Kier alpha value is -2.41. The maximum Gasteiger partial charge on any atom is 0.335 e. The largest absolute Gasteiger partial charge is 0.478 e. The van der Waals surface area contributed by atoms with E-state index < -0.39 is 12.0 Å². The van der Waals surface area contributed by atoms with Crippen molar-refractivity contribution in [3.8, 4) is 0 Å². The highest BCUT2D eigenvalue weighted by Crippen LogP contribution is 2.17. The molecule has 0 aliphatic heterocycles. The molecule has 0 saturated carbocycles. The lowest BCUT2D eigenvalue weighted by Gasteiger charge is -2.05. The van der Waals surface area contributed by atoms with Crippen LogP contribution in [0.3, 0.4) is 0 Å². The number of carboxylic acid groups (broad SMARTS) is 1. The zero-order valence-corrected chi connectivity index (χ0v) is 10.8. The van der Waals surface area contributed by atoms with Crippen LogP contribution < -0.4 is 10.6 Å². The number of anilines is 2. The van der Waals surface area contributed by atoms with E-state index >= 15 is 0 Å². The van der Waals surface area contributed by atoms with Gasteiger partial charge < -0.3 is 10.4 Å². The Morgan fingerprint density at radius 2 is 1.89 bits per heavy atom. The van der Waals surface area contributed by atoms with Gasteiger partial charge in [-0.05, 0) is 31.2 Å². The standard InChI is InChI=1S/C12H11N3O3S/c1-7-6-13-12(19-7)15-11(18)14-9-4-2-8(3-5-9)10(16)17/h2-6H,1H3,(H,16,17)(H2,13,14,15,18). The summed E-state index contributed by atoms with van der Waals surface area (Å²) >= 11 is 1.37. The second kappa shape index (κ2) is 5.49. The molecule has 0 spiro atoms. The summed E-state index contributed by atoms with van der Waals surface area (Å²) < 4.78 is 0. The first-order chi connectivity index (χ1) is 9.04. The predicted molar refractivity (Wildman–Crippen MR) is 72.9 cm³/mol. The molecule has 1 aromatic carbocycles. The summed E-state index contributed by atoms with van der Waals surface area (Å²) in [6.45, 7) is 1.89. The Kier molecular flexibility index (Phi) is 3.76. The minimum Gasteiger partial charge on any atom is -0.478 e. The highest BCUT2D eigenvalue weighted by atomic mass is 32.1. The molecule has 0 fully saturated rings. The molecule has 1 heterocycles. The summed E-state index contributed by atoms with van der Waals surface area (Å²) in [6.07, 6.45) is 1.67. The number of urea groups is 1. The Bertz CT molecular complexity index is 607. The number of hydrogen-bond acceptors (Lipinski definition) is 4. The Labute approximate surface area is 113 Å². The fourth-order valence-electron chi connectivity index (χ4n) is 1.37. The molecule has 2 aromatic rings. The summed E-state index contributed by atoms with van der Waals surface area (Å²) in [4.78, 5) is 27.3. The molecule has 7 heteroatoms. The average Bonchev–Trinajstić information content (AvgIpc) is 2.75. The molecule has 2 rings (SSSR count). The van der Waals surface area contributed by atoms with E-state index in [0.717, 1.165) is 4.88 Å². The minimum absolute atomic E-state index is 0.168. The number of carbonyl (C=O) groups is 2. The molecule has 3 N–H and O–H groups in total. The number of carboxylic acids is 1. The van der Waals surface area contributed by atoms with Crippen LogP contribution in [0.1, 0.15) is 15.2 Å². The lowest BCUT2D eigenvalue weighted by Crippen LogP contribution is -2.19. The molecule has 0 aliphatic carbocycles. The third-order valence-corrected chi connectivity index (χ3v) is 3.06. The van der Waals surface area contributed by atoms with Crippen molar-refractivity contribution in [1.82, 2.24) is 4.98 Å². The number of nitrogens with one attached hydrogen (secondary N) is 2. The number of aromatic nitrogens is 1. The molecular formula is C12H11N3O3S. The monoisotopic (exact) mass is 277 g/mol. The molecule has 0 bridgehead atoms. The van der Waals surface area contributed by atoms with Gasteiger partial charge in [0.15, 0.2) is 5.13 Å². The van der Waals surface area contributed by atoms with Gasteiger partial charge in [-0.1, -0.05) is 0 Å². The van der Waals surface area contributed by atoms with Gasteiger partial charge in [-0.3, -0.25) is 5.32 Å². The van der Waals surface area contributed by atoms with Crippen LogP contribution in [-0.2, 0) is 0 Å². The number of benzene rings is 1. The van der Waals surface area contributed by atoms with Crippen molar-refractivity contribution in [3.05, 3.63) is 40.9 Å². The van der Waals surface area contributed by atoms with Crippen molar-refractivity contribution < 1.29 is 14.7 Å².